The van der Waals surface area contributed by atoms with Crippen LogP contribution in [0.15, 0.2) is 29.2 Å². The first-order valence-corrected chi connectivity index (χ1v) is 11.1. The molecule has 0 bridgehead atoms. The number of alkyl halides is 3. The maximum Gasteiger partial charge on any atom is 0.573 e. The van der Waals surface area contributed by atoms with Crippen LogP contribution in [0.1, 0.15) is 32.6 Å². The molecule has 0 spiro atoms. The van der Waals surface area contributed by atoms with E-state index in [1.807, 2.05) is 4.90 Å². The second-order valence-corrected chi connectivity index (χ2v) is 9.67. The topological polar surface area (TPSA) is 66.9 Å². The highest BCUT2D eigenvalue weighted by Gasteiger charge is 2.35. The molecule has 0 aliphatic carbocycles. The van der Waals surface area contributed by atoms with Crippen LogP contribution in [0, 0.1) is 11.8 Å². The van der Waals surface area contributed by atoms with Crippen molar-refractivity contribution in [3.05, 3.63) is 24.3 Å². The summed E-state index contributed by atoms with van der Waals surface area (Å²) in [6.45, 7) is 3.92. The Hall–Kier alpha value is -1.81. The first-order chi connectivity index (χ1) is 13.6. The van der Waals surface area contributed by atoms with Crippen molar-refractivity contribution < 1.29 is 31.1 Å². The first kappa shape index (κ1) is 21.9. The Morgan fingerprint density at radius 1 is 1.14 bits per heavy atom. The summed E-state index contributed by atoms with van der Waals surface area (Å²) in [5.74, 6) is -0.247. The molecule has 3 rings (SSSR count). The lowest BCUT2D eigenvalue weighted by Gasteiger charge is -2.36. The molecule has 2 saturated heterocycles. The van der Waals surface area contributed by atoms with Crippen molar-refractivity contribution in [1.82, 2.24) is 9.21 Å². The minimum Gasteiger partial charge on any atom is -0.406 e. The lowest BCUT2D eigenvalue weighted by Crippen LogP contribution is -2.46. The Balaban J connectivity index is 1.64. The summed E-state index contributed by atoms with van der Waals surface area (Å²) < 4.78 is 67.9. The van der Waals surface area contributed by atoms with Gasteiger partial charge in [0.2, 0.25) is 15.9 Å². The van der Waals surface area contributed by atoms with Crippen molar-refractivity contribution in [1.29, 1.82) is 0 Å². The molecular formula is C19H25F3N2O4S. The molecule has 2 aliphatic rings. The number of halogens is 3. The Morgan fingerprint density at radius 2 is 1.83 bits per heavy atom. The molecule has 0 saturated carbocycles. The normalized spacial score (nSPS) is 22.5. The molecule has 29 heavy (non-hydrogen) atoms. The number of rotatable bonds is 4. The maximum atomic E-state index is 12.8. The quantitative estimate of drug-likeness (QED) is 0.730. The SMILES string of the molecule is C[C@@H]1CCCN(C(=O)C2CCN(S(=O)(=O)c3cccc(OC(F)(F)F)c3)CC2)C1. The maximum absolute atomic E-state index is 12.8. The second kappa shape index (κ2) is 8.51. The van der Waals surface area contributed by atoms with Crippen LogP contribution in [0.5, 0.6) is 5.75 Å². The summed E-state index contributed by atoms with van der Waals surface area (Å²) in [5, 5.41) is 0. The molecule has 2 fully saturated rings. The minimum atomic E-state index is -4.90. The molecule has 0 radical (unpaired) electrons. The van der Waals surface area contributed by atoms with E-state index in [-0.39, 0.29) is 29.8 Å². The summed E-state index contributed by atoms with van der Waals surface area (Å²) in [6, 6.07) is 4.37. The molecule has 0 N–H and O–H groups in total. The number of ether oxygens (including phenoxy) is 1. The lowest BCUT2D eigenvalue weighted by atomic mass is 9.93. The Morgan fingerprint density at radius 3 is 2.45 bits per heavy atom. The van der Waals surface area contributed by atoms with E-state index >= 15 is 0 Å². The largest absolute Gasteiger partial charge is 0.573 e. The second-order valence-electron chi connectivity index (χ2n) is 7.73. The van der Waals surface area contributed by atoms with Gasteiger partial charge < -0.3 is 9.64 Å². The Bertz CT molecular complexity index is 836. The third kappa shape index (κ3) is 5.42. The number of amides is 1. The van der Waals surface area contributed by atoms with Crippen LogP contribution in [0.2, 0.25) is 0 Å². The monoisotopic (exact) mass is 434 g/mol. The summed E-state index contributed by atoms with van der Waals surface area (Å²) in [7, 11) is -3.96. The van der Waals surface area contributed by atoms with Crippen LogP contribution < -0.4 is 4.74 Å². The van der Waals surface area contributed by atoms with E-state index < -0.39 is 22.1 Å². The molecule has 2 heterocycles. The fourth-order valence-electron chi connectivity index (χ4n) is 3.97. The van der Waals surface area contributed by atoms with Gasteiger partial charge in [0.15, 0.2) is 0 Å². The molecule has 10 heteroatoms. The zero-order valence-electron chi connectivity index (χ0n) is 16.2. The van der Waals surface area contributed by atoms with Crippen molar-refractivity contribution in [2.75, 3.05) is 26.2 Å². The summed E-state index contributed by atoms with van der Waals surface area (Å²) in [5.41, 5.74) is 0. The van der Waals surface area contributed by atoms with E-state index in [0.29, 0.717) is 18.8 Å². The molecule has 0 unspecified atom stereocenters. The van der Waals surface area contributed by atoms with E-state index in [4.69, 9.17) is 0 Å². The van der Waals surface area contributed by atoms with Gasteiger partial charge in [-0.1, -0.05) is 13.0 Å². The summed E-state index contributed by atoms with van der Waals surface area (Å²) in [6.07, 6.45) is -2.00. The number of carbonyl (C=O) groups is 1. The van der Waals surface area contributed by atoms with E-state index in [1.54, 1.807) is 0 Å². The van der Waals surface area contributed by atoms with Crippen molar-refractivity contribution in [2.24, 2.45) is 11.8 Å². The third-order valence-electron chi connectivity index (χ3n) is 5.45. The van der Waals surface area contributed by atoms with Gasteiger partial charge in [-0.15, -0.1) is 13.2 Å². The van der Waals surface area contributed by atoms with Gasteiger partial charge in [-0.05, 0) is 43.7 Å². The van der Waals surface area contributed by atoms with E-state index in [1.165, 1.54) is 16.4 Å². The molecule has 162 valence electrons. The smallest absolute Gasteiger partial charge is 0.406 e. The number of piperidine rings is 2. The van der Waals surface area contributed by atoms with Crippen LogP contribution in [-0.2, 0) is 14.8 Å². The number of sulfonamides is 1. The minimum absolute atomic E-state index is 0.0779. The van der Waals surface area contributed by atoms with Gasteiger partial charge >= 0.3 is 6.36 Å². The van der Waals surface area contributed by atoms with Crippen LogP contribution >= 0.6 is 0 Å². The van der Waals surface area contributed by atoms with Gasteiger partial charge in [-0.2, -0.15) is 4.31 Å². The predicted molar refractivity (Wildman–Crippen MR) is 99.6 cm³/mol. The number of carbonyl (C=O) groups excluding carboxylic acids is 1. The highest BCUT2D eigenvalue weighted by atomic mass is 32.2. The molecule has 0 aromatic heterocycles. The number of hydrogen-bond donors (Lipinski definition) is 0. The van der Waals surface area contributed by atoms with Crippen LogP contribution in [0.4, 0.5) is 13.2 Å². The van der Waals surface area contributed by atoms with Gasteiger partial charge in [0.1, 0.15) is 5.75 Å². The van der Waals surface area contributed by atoms with Crippen LogP contribution in [-0.4, -0.2) is 56.1 Å². The van der Waals surface area contributed by atoms with Gasteiger partial charge in [-0.3, -0.25) is 4.79 Å². The molecule has 1 aromatic rings. The molecule has 1 aromatic carbocycles. The highest BCUT2D eigenvalue weighted by Crippen LogP contribution is 2.29. The zero-order chi connectivity index (χ0) is 21.2. The predicted octanol–water partition coefficient (Wildman–Crippen LogP) is 3.24. The average Bonchev–Trinajstić information content (AvgIpc) is 2.66. The molecule has 2 aliphatic heterocycles. The number of likely N-dealkylation sites (tertiary alicyclic amines) is 1. The van der Waals surface area contributed by atoms with Crippen LogP contribution in [0.3, 0.4) is 0 Å². The molecule has 6 nitrogen and oxygen atoms in total. The number of benzene rings is 1. The zero-order valence-corrected chi connectivity index (χ0v) is 17.0. The first-order valence-electron chi connectivity index (χ1n) is 9.71. The van der Waals surface area contributed by atoms with E-state index in [2.05, 4.69) is 11.7 Å². The number of nitrogens with zero attached hydrogens (tertiary/aromatic N) is 2. The Kier molecular flexibility index (Phi) is 6.42. The average molecular weight is 434 g/mol. The van der Waals surface area contributed by atoms with Gasteiger partial charge in [0, 0.05) is 38.2 Å². The van der Waals surface area contributed by atoms with Gasteiger partial charge in [-0.25, -0.2) is 8.42 Å². The standard InChI is InChI=1S/C19H25F3N2O4S/c1-14-4-3-9-23(13-14)18(25)15-7-10-24(11-8-15)29(26,27)17-6-2-5-16(12-17)28-19(20,21)22/h2,5-6,12,14-15H,3-4,7-11,13H2,1H3/t14-/m1/s1. The van der Waals surface area contributed by atoms with E-state index in [0.717, 1.165) is 38.1 Å². The Labute approximate surface area is 168 Å². The number of hydrogen-bond acceptors (Lipinski definition) is 4. The summed E-state index contributed by atoms with van der Waals surface area (Å²) >= 11 is 0. The van der Waals surface area contributed by atoms with Crippen molar-refractivity contribution in [3.8, 4) is 5.75 Å². The van der Waals surface area contributed by atoms with Crippen molar-refractivity contribution >= 4 is 15.9 Å². The fourth-order valence-corrected chi connectivity index (χ4v) is 5.48. The van der Waals surface area contributed by atoms with Gasteiger partial charge in [0.25, 0.3) is 0 Å². The molecular weight excluding hydrogens is 409 g/mol. The highest BCUT2D eigenvalue weighted by molar-refractivity contribution is 7.89. The fraction of sp³-hybridized carbons (Fsp3) is 0.632. The molecule has 1 atom stereocenters. The summed E-state index contributed by atoms with van der Waals surface area (Å²) in [4.78, 5) is 14.4. The van der Waals surface area contributed by atoms with Crippen LogP contribution in [0.25, 0.3) is 0 Å². The van der Waals surface area contributed by atoms with E-state index in [9.17, 15) is 26.4 Å². The third-order valence-corrected chi connectivity index (χ3v) is 7.34. The van der Waals surface area contributed by atoms with Crippen molar-refractivity contribution in [2.45, 2.75) is 43.9 Å². The van der Waals surface area contributed by atoms with Crippen molar-refractivity contribution in [3.63, 3.8) is 0 Å². The molecule has 1 amide bonds. The van der Waals surface area contributed by atoms with Gasteiger partial charge in [0.05, 0.1) is 4.90 Å². The lowest BCUT2D eigenvalue weighted by molar-refractivity contribution is -0.274.